The highest BCUT2D eigenvalue weighted by Crippen LogP contribution is 2.40. The Morgan fingerprint density at radius 1 is 1.05 bits per heavy atom. The van der Waals surface area contributed by atoms with Crippen molar-refractivity contribution in [1.82, 2.24) is 4.98 Å². The molecule has 0 radical (unpaired) electrons. The highest BCUT2D eigenvalue weighted by Gasteiger charge is 2.19. The summed E-state index contributed by atoms with van der Waals surface area (Å²) in [6.07, 6.45) is 1.29. The molecule has 37 heavy (non-hydrogen) atoms. The number of nitrogens with one attached hydrogen (secondary N) is 1. The van der Waals surface area contributed by atoms with Crippen molar-refractivity contribution >= 4 is 62.4 Å². The van der Waals surface area contributed by atoms with Crippen LogP contribution in [-0.2, 0) is 4.79 Å². The van der Waals surface area contributed by atoms with Gasteiger partial charge >= 0.3 is 0 Å². The minimum Gasteiger partial charge on any atom is -0.321 e. The lowest BCUT2D eigenvalue weighted by Gasteiger charge is -2.07. The number of non-ortho nitro benzene ring substituents is 1. The molecule has 184 valence electrons. The number of aromatic nitrogens is 1. The molecule has 4 aromatic rings. The molecule has 1 heterocycles. The van der Waals surface area contributed by atoms with E-state index in [-0.39, 0.29) is 16.9 Å². The highest BCUT2D eigenvalue weighted by molar-refractivity contribution is 8.01. The van der Waals surface area contributed by atoms with E-state index in [0.29, 0.717) is 30.7 Å². The van der Waals surface area contributed by atoms with Gasteiger partial charge in [-0.1, -0.05) is 23.9 Å². The number of nitro groups is 2. The second kappa shape index (κ2) is 10.6. The average molecular weight is 532 g/mol. The van der Waals surface area contributed by atoms with Gasteiger partial charge in [0.05, 0.1) is 25.0 Å². The number of hydrogen-bond donors (Lipinski definition) is 1. The fraction of sp³-hybridized carbons (Fsp3) is 0.0800. The van der Waals surface area contributed by atoms with Crippen LogP contribution in [-0.4, -0.2) is 20.7 Å². The number of fused-ring (bicyclic) bond motifs is 1. The minimum atomic E-state index is -0.628. The molecule has 3 aromatic carbocycles. The van der Waals surface area contributed by atoms with Crippen LogP contribution in [0, 0.1) is 45.4 Å². The third-order valence-corrected chi connectivity index (χ3v) is 7.24. The van der Waals surface area contributed by atoms with E-state index in [0.717, 1.165) is 22.9 Å². The summed E-state index contributed by atoms with van der Waals surface area (Å²) in [4.78, 5) is 39.1. The van der Waals surface area contributed by atoms with Gasteiger partial charge in [-0.3, -0.25) is 25.0 Å². The minimum absolute atomic E-state index is 0.0651. The van der Waals surface area contributed by atoms with Crippen LogP contribution in [0.5, 0.6) is 0 Å². The maximum Gasteiger partial charge on any atom is 0.283 e. The van der Waals surface area contributed by atoms with Crippen molar-refractivity contribution in [3.05, 3.63) is 97.1 Å². The SMILES string of the molecule is Cc1cc(C)cc(NC(=O)/C(C#N)=C/c2ccc(Sc3nc4ccc([N+](=O)[O-])cc4s3)c([N+](=O)[O-])c2)c1. The summed E-state index contributed by atoms with van der Waals surface area (Å²) in [5.74, 6) is -0.628. The Morgan fingerprint density at radius 3 is 2.43 bits per heavy atom. The van der Waals surface area contributed by atoms with E-state index in [1.165, 1.54) is 47.7 Å². The van der Waals surface area contributed by atoms with Gasteiger partial charge in [-0.25, -0.2) is 4.98 Å². The van der Waals surface area contributed by atoms with E-state index in [2.05, 4.69) is 10.3 Å². The first-order valence-electron chi connectivity index (χ1n) is 10.7. The molecule has 0 spiro atoms. The number of nitro benzene ring substituents is 2. The largest absolute Gasteiger partial charge is 0.321 e. The van der Waals surface area contributed by atoms with Crippen LogP contribution in [0.2, 0.25) is 0 Å². The van der Waals surface area contributed by atoms with Gasteiger partial charge in [-0.15, -0.1) is 11.3 Å². The first-order chi connectivity index (χ1) is 17.6. The Bertz CT molecular complexity index is 1630. The summed E-state index contributed by atoms with van der Waals surface area (Å²) in [5, 5.41) is 35.0. The molecule has 1 aromatic heterocycles. The second-order valence-electron chi connectivity index (χ2n) is 7.98. The van der Waals surface area contributed by atoms with Crippen LogP contribution < -0.4 is 5.32 Å². The molecule has 0 atom stereocenters. The van der Waals surface area contributed by atoms with E-state index in [1.807, 2.05) is 26.0 Å². The van der Waals surface area contributed by atoms with Gasteiger partial charge < -0.3 is 5.32 Å². The molecular formula is C25H17N5O5S2. The van der Waals surface area contributed by atoms with Gasteiger partial charge in [0.1, 0.15) is 11.6 Å². The number of amides is 1. The maximum absolute atomic E-state index is 12.7. The van der Waals surface area contributed by atoms with Gasteiger partial charge in [0, 0.05) is 23.9 Å². The fourth-order valence-electron chi connectivity index (χ4n) is 3.56. The highest BCUT2D eigenvalue weighted by atomic mass is 32.2. The number of rotatable bonds is 7. The quantitative estimate of drug-likeness (QED) is 0.124. The van der Waals surface area contributed by atoms with Gasteiger partial charge in [0.2, 0.25) is 0 Å². The molecule has 0 bridgehead atoms. The lowest BCUT2D eigenvalue weighted by molar-refractivity contribution is -0.387. The van der Waals surface area contributed by atoms with Crippen LogP contribution in [0.15, 0.2) is 69.4 Å². The number of carbonyl (C=O) groups excluding carboxylic acids is 1. The summed E-state index contributed by atoms with van der Waals surface area (Å²) in [6.45, 7) is 3.78. The Morgan fingerprint density at radius 2 is 1.78 bits per heavy atom. The smallest absolute Gasteiger partial charge is 0.283 e. The number of anilines is 1. The molecule has 4 rings (SSSR count). The fourth-order valence-corrected chi connectivity index (χ4v) is 5.70. The predicted molar refractivity (Wildman–Crippen MR) is 142 cm³/mol. The Hall–Kier alpha value is -4.60. The van der Waals surface area contributed by atoms with Gasteiger partial charge in [0.15, 0.2) is 4.34 Å². The van der Waals surface area contributed by atoms with Crippen molar-refractivity contribution in [2.75, 3.05) is 5.32 Å². The first-order valence-corrected chi connectivity index (χ1v) is 12.3. The summed E-state index contributed by atoms with van der Waals surface area (Å²) in [7, 11) is 0. The standard InChI is InChI=1S/C25H17N5O5S2/c1-14-7-15(2)9-18(8-14)27-24(31)17(13-26)10-16-3-6-22(21(11-16)30(34)35)36-25-28-20-5-4-19(29(32)33)12-23(20)37-25/h3-12H,1-2H3,(H,27,31)/b17-10+. The molecule has 0 aliphatic rings. The Kier molecular flexibility index (Phi) is 7.28. The third-order valence-electron chi connectivity index (χ3n) is 5.10. The van der Waals surface area contributed by atoms with Crippen LogP contribution in [0.4, 0.5) is 17.1 Å². The summed E-state index contributed by atoms with van der Waals surface area (Å²) in [5.41, 5.74) is 2.81. The number of benzene rings is 3. The molecule has 0 fully saturated rings. The van der Waals surface area contributed by atoms with Crippen molar-refractivity contribution < 1.29 is 14.6 Å². The zero-order valence-electron chi connectivity index (χ0n) is 19.4. The van der Waals surface area contributed by atoms with E-state index in [9.17, 15) is 30.3 Å². The first kappa shape index (κ1) is 25.5. The van der Waals surface area contributed by atoms with E-state index >= 15 is 0 Å². The Labute approximate surface area is 218 Å². The van der Waals surface area contributed by atoms with Crippen molar-refractivity contribution in [3.63, 3.8) is 0 Å². The van der Waals surface area contributed by atoms with E-state index < -0.39 is 15.8 Å². The molecular weight excluding hydrogens is 514 g/mol. The molecule has 0 saturated carbocycles. The molecule has 0 saturated heterocycles. The predicted octanol–water partition coefficient (Wildman–Crippen LogP) is 6.43. The Balaban J connectivity index is 1.60. The van der Waals surface area contributed by atoms with Crippen LogP contribution >= 0.6 is 23.1 Å². The molecule has 1 N–H and O–H groups in total. The van der Waals surface area contributed by atoms with E-state index in [4.69, 9.17) is 0 Å². The molecule has 0 aliphatic heterocycles. The average Bonchev–Trinajstić information content (AvgIpc) is 3.23. The van der Waals surface area contributed by atoms with Gasteiger partial charge in [-0.2, -0.15) is 5.26 Å². The normalized spacial score (nSPS) is 11.2. The van der Waals surface area contributed by atoms with Crippen LogP contribution in [0.25, 0.3) is 16.3 Å². The van der Waals surface area contributed by atoms with Crippen LogP contribution in [0.3, 0.4) is 0 Å². The number of nitriles is 1. The lowest BCUT2D eigenvalue weighted by Crippen LogP contribution is -2.13. The molecule has 1 amide bonds. The second-order valence-corrected chi connectivity index (χ2v) is 10.3. The van der Waals surface area contributed by atoms with Gasteiger partial charge in [0.25, 0.3) is 17.3 Å². The van der Waals surface area contributed by atoms with Gasteiger partial charge in [-0.05, 0) is 60.9 Å². The summed E-state index contributed by atoms with van der Waals surface area (Å²) >= 11 is 2.24. The van der Waals surface area contributed by atoms with Crippen molar-refractivity contribution in [3.8, 4) is 6.07 Å². The monoisotopic (exact) mass is 531 g/mol. The zero-order valence-corrected chi connectivity index (χ0v) is 21.1. The number of carbonyl (C=O) groups is 1. The van der Waals surface area contributed by atoms with Crippen molar-refractivity contribution in [2.45, 2.75) is 23.1 Å². The molecule has 12 heteroatoms. The number of hydrogen-bond acceptors (Lipinski definition) is 9. The van der Waals surface area contributed by atoms with Crippen molar-refractivity contribution in [2.24, 2.45) is 0 Å². The summed E-state index contributed by atoms with van der Waals surface area (Å²) < 4.78 is 1.07. The zero-order chi connectivity index (χ0) is 26.7. The summed E-state index contributed by atoms with van der Waals surface area (Å²) in [6, 6.07) is 16.0. The number of thiazole rings is 1. The maximum atomic E-state index is 12.7. The topological polar surface area (TPSA) is 152 Å². The third kappa shape index (κ3) is 5.97. The molecule has 10 nitrogen and oxygen atoms in total. The molecule has 0 aliphatic carbocycles. The van der Waals surface area contributed by atoms with Crippen LogP contribution in [0.1, 0.15) is 16.7 Å². The van der Waals surface area contributed by atoms with E-state index in [1.54, 1.807) is 18.2 Å². The number of aryl methyl sites for hydroxylation is 2. The number of nitrogens with zero attached hydrogens (tertiary/aromatic N) is 4. The van der Waals surface area contributed by atoms with Crippen molar-refractivity contribution in [1.29, 1.82) is 5.26 Å². The molecule has 0 unspecified atom stereocenters. The lowest BCUT2D eigenvalue weighted by atomic mass is 10.1.